The van der Waals surface area contributed by atoms with Crippen molar-refractivity contribution in [1.82, 2.24) is 19.9 Å². The van der Waals surface area contributed by atoms with Crippen LogP contribution in [0, 0.1) is 0 Å². The minimum atomic E-state index is -0.281. The van der Waals surface area contributed by atoms with Gasteiger partial charge >= 0.3 is 0 Å². The Labute approximate surface area is 172 Å². The first kappa shape index (κ1) is 18.9. The van der Waals surface area contributed by atoms with Gasteiger partial charge in [-0.2, -0.15) is 0 Å². The summed E-state index contributed by atoms with van der Waals surface area (Å²) in [6.45, 7) is 0. The van der Waals surface area contributed by atoms with Crippen molar-refractivity contribution in [1.29, 1.82) is 0 Å². The number of anilines is 2. The zero-order chi connectivity index (χ0) is 20.8. The van der Waals surface area contributed by atoms with Crippen molar-refractivity contribution >= 4 is 23.2 Å². The van der Waals surface area contributed by atoms with Gasteiger partial charge in [-0.3, -0.25) is 29.5 Å². The van der Waals surface area contributed by atoms with Gasteiger partial charge in [-0.1, -0.05) is 0 Å². The van der Waals surface area contributed by atoms with E-state index in [2.05, 4.69) is 30.6 Å². The van der Waals surface area contributed by atoms with E-state index in [0.717, 1.165) is 0 Å². The quantitative estimate of drug-likeness (QED) is 0.535. The molecule has 146 valence electrons. The highest BCUT2D eigenvalue weighted by Crippen LogP contribution is 2.18. The molecule has 0 fully saturated rings. The maximum Gasteiger partial charge on any atom is 0.255 e. The lowest BCUT2D eigenvalue weighted by Gasteiger charge is -2.08. The van der Waals surface area contributed by atoms with Gasteiger partial charge in [0.25, 0.3) is 11.8 Å². The van der Waals surface area contributed by atoms with E-state index in [4.69, 9.17) is 0 Å². The van der Waals surface area contributed by atoms with Crippen LogP contribution in [-0.4, -0.2) is 31.8 Å². The molecule has 4 aromatic rings. The van der Waals surface area contributed by atoms with Crippen LogP contribution in [0.3, 0.4) is 0 Å². The van der Waals surface area contributed by atoms with Gasteiger partial charge in [0.15, 0.2) is 0 Å². The Morgan fingerprint density at radius 2 is 0.967 bits per heavy atom. The highest BCUT2D eigenvalue weighted by atomic mass is 16.2. The van der Waals surface area contributed by atoms with Crippen molar-refractivity contribution in [2.45, 2.75) is 0 Å². The Kier molecular flexibility index (Phi) is 5.47. The monoisotopic (exact) mass is 396 g/mol. The number of pyridine rings is 4. The van der Waals surface area contributed by atoms with Gasteiger partial charge in [-0.25, -0.2) is 0 Å². The van der Waals surface area contributed by atoms with E-state index < -0.39 is 0 Å². The van der Waals surface area contributed by atoms with Gasteiger partial charge in [0, 0.05) is 59.7 Å². The van der Waals surface area contributed by atoms with Crippen molar-refractivity contribution in [2.24, 2.45) is 0 Å². The first-order valence-corrected chi connectivity index (χ1v) is 9.04. The molecule has 4 rings (SSSR count). The molecule has 0 unspecified atom stereocenters. The fraction of sp³-hybridized carbons (Fsp3) is 0. The largest absolute Gasteiger partial charge is 0.322 e. The second kappa shape index (κ2) is 8.70. The Bertz CT molecular complexity index is 1090. The molecular formula is C22H16N6O2. The summed E-state index contributed by atoms with van der Waals surface area (Å²) in [7, 11) is 0. The van der Waals surface area contributed by atoms with E-state index >= 15 is 0 Å². The molecule has 4 aromatic heterocycles. The molecule has 0 radical (unpaired) electrons. The maximum absolute atomic E-state index is 12.5. The molecule has 0 atom stereocenters. The molecule has 2 N–H and O–H groups in total. The molecule has 0 bridgehead atoms. The average Bonchev–Trinajstić information content (AvgIpc) is 2.80. The number of carbonyl (C=O) groups is 2. The van der Waals surface area contributed by atoms with Gasteiger partial charge in [-0.05, 0) is 48.5 Å². The minimum Gasteiger partial charge on any atom is -0.322 e. The third-order valence-electron chi connectivity index (χ3n) is 4.18. The molecule has 0 saturated carbocycles. The van der Waals surface area contributed by atoms with Crippen molar-refractivity contribution in [3.8, 4) is 11.4 Å². The molecule has 8 heteroatoms. The number of hydrogen-bond donors (Lipinski definition) is 2. The van der Waals surface area contributed by atoms with Crippen LogP contribution in [0.1, 0.15) is 20.7 Å². The second-order valence-electron chi connectivity index (χ2n) is 6.24. The number of carbonyl (C=O) groups excluding carboxylic acids is 2. The molecule has 0 aliphatic carbocycles. The van der Waals surface area contributed by atoms with Crippen LogP contribution in [-0.2, 0) is 0 Å². The Balaban J connectivity index is 1.54. The first-order chi connectivity index (χ1) is 14.7. The predicted molar refractivity (Wildman–Crippen MR) is 112 cm³/mol. The lowest BCUT2D eigenvalue weighted by Crippen LogP contribution is -2.13. The molecule has 0 aliphatic rings. The van der Waals surface area contributed by atoms with Gasteiger partial charge in [-0.15, -0.1) is 0 Å². The summed E-state index contributed by atoms with van der Waals surface area (Å²) in [5, 5.41) is 5.59. The maximum atomic E-state index is 12.5. The number of rotatable bonds is 5. The van der Waals surface area contributed by atoms with Crippen LogP contribution in [0.4, 0.5) is 11.4 Å². The Hall–Kier alpha value is -4.46. The predicted octanol–water partition coefficient (Wildman–Crippen LogP) is 3.44. The first-order valence-electron chi connectivity index (χ1n) is 9.04. The molecule has 30 heavy (non-hydrogen) atoms. The highest BCUT2D eigenvalue weighted by molar-refractivity contribution is 6.05. The number of hydrogen-bond acceptors (Lipinski definition) is 6. The lowest BCUT2D eigenvalue weighted by molar-refractivity contribution is 0.101. The second-order valence-corrected chi connectivity index (χ2v) is 6.24. The van der Waals surface area contributed by atoms with E-state index in [0.29, 0.717) is 33.9 Å². The zero-order valence-electron chi connectivity index (χ0n) is 15.7. The van der Waals surface area contributed by atoms with Crippen LogP contribution in [0.5, 0.6) is 0 Å². The summed E-state index contributed by atoms with van der Waals surface area (Å²) in [4.78, 5) is 41.5. The van der Waals surface area contributed by atoms with Crippen LogP contribution >= 0.6 is 0 Å². The highest BCUT2D eigenvalue weighted by Gasteiger charge is 2.12. The molecule has 8 nitrogen and oxygen atoms in total. The zero-order valence-corrected chi connectivity index (χ0v) is 15.7. The van der Waals surface area contributed by atoms with E-state index in [9.17, 15) is 9.59 Å². The van der Waals surface area contributed by atoms with Crippen LogP contribution in [0.2, 0.25) is 0 Å². The minimum absolute atomic E-state index is 0.281. The third-order valence-corrected chi connectivity index (χ3v) is 4.18. The molecule has 0 saturated heterocycles. The Morgan fingerprint density at radius 3 is 1.37 bits per heavy atom. The molecule has 2 amide bonds. The molecule has 0 spiro atoms. The van der Waals surface area contributed by atoms with Crippen molar-refractivity contribution in [2.75, 3.05) is 10.6 Å². The SMILES string of the molecule is O=C(Nc1ccncc1)c1ccnc(-c2cc(C(=O)Nc3ccncc3)ccn2)c1. The summed E-state index contributed by atoms with van der Waals surface area (Å²) < 4.78 is 0. The smallest absolute Gasteiger partial charge is 0.255 e. The molecule has 0 aromatic carbocycles. The van der Waals surface area contributed by atoms with E-state index in [1.165, 1.54) is 12.4 Å². The summed E-state index contributed by atoms with van der Waals surface area (Å²) >= 11 is 0. The summed E-state index contributed by atoms with van der Waals surface area (Å²) in [5.74, 6) is -0.562. The summed E-state index contributed by atoms with van der Waals surface area (Å²) in [6, 6.07) is 13.3. The number of nitrogens with zero attached hydrogens (tertiary/aromatic N) is 4. The Morgan fingerprint density at radius 1 is 0.567 bits per heavy atom. The number of amides is 2. The van der Waals surface area contributed by atoms with E-state index in [-0.39, 0.29) is 11.8 Å². The molecule has 0 aliphatic heterocycles. The molecule has 4 heterocycles. The fourth-order valence-corrected chi connectivity index (χ4v) is 2.70. The number of nitrogens with one attached hydrogen (secondary N) is 2. The lowest BCUT2D eigenvalue weighted by atomic mass is 10.1. The topological polar surface area (TPSA) is 110 Å². The average molecular weight is 396 g/mol. The van der Waals surface area contributed by atoms with Crippen molar-refractivity contribution in [3.63, 3.8) is 0 Å². The van der Waals surface area contributed by atoms with Gasteiger partial charge in [0.05, 0.1) is 11.4 Å². The van der Waals surface area contributed by atoms with Crippen LogP contribution < -0.4 is 10.6 Å². The third kappa shape index (κ3) is 4.50. The fourth-order valence-electron chi connectivity index (χ4n) is 2.70. The molecular weight excluding hydrogens is 380 g/mol. The number of aromatic nitrogens is 4. The normalized spacial score (nSPS) is 10.3. The summed E-state index contributed by atoms with van der Waals surface area (Å²) in [6.07, 6.45) is 9.45. The van der Waals surface area contributed by atoms with Crippen molar-refractivity contribution < 1.29 is 9.59 Å². The van der Waals surface area contributed by atoms with Crippen LogP contribution in [0.25, 0.3) is 11.4 Å². The van der Waals surface area contributed by atoms with E-state index in [1.54, 1.807) is 73.3 Å². The standard InChI is InChI=1S/C22H16N6O2/c29-21(27-17-3-7-23-8-4-17)15-1-11-25-19(13-15)20-14-16(2-12-26-20)22(30)28-18-5-9-24-10-6-18/h1-14H,(H,23,27,29)(H,24,28,30). The van der Waals surface area contributed by atoms with Gasteiger partial charge in [0.1, 0.15) is 0 Å². The van der Waals surface area contributed by atoms with Gasteiger partial charge in [0.2, 0.25) is 0 Å². The summed E-state index contributed by atoms with van der Waals surface area (Å²) in [5.41, 5.74) is 3.09. The van der Waals surface area contributed by atoms with Crippen LogP contribution in [0.15, 0.2) is 85.7 Å². The van der Waals surface area contributed by atoms with E-state index in [1.807, 2.05) is 0 Å². The van der Waals surface area contributed by atoms with Crippen molar-refractivity contribution in [3.05, 3.63) is 96.8 Å². The van der Waals surface area contributed by atoms with Gasteiger partial charge < -0.3 is 10.6 Å².